The Hall–Kier alpha value is -3.08. The van der Waals surface area contributed by atoms with Gasteiger partial charge in [0.1, 0.15) is 5.58 Å². The van der Waals surface area contributed by atoms with Gasteiger partial charge >= 0.3 is 0 Å². The van der Waals surface area contributed by atoms with Crippen LogP contribution in [0.15, 0.2) is 53.1 Å². The van der Waals surface area contributed by atoms with Crippen molar-refractivity contribution in [2.24, 2.45) is 0 Å². The minimum atomic E-state index is -0.120. The van der Waals surface area contributed by atoms with Crippen LogP contribution in [0.5, 0.6) is 0 Å². The molecule has 2 aromatic carbocycles. The van der Waals surface area contributed by atoms with Crippen LogP contribution in [-0.4, -0.2) is 29.8 Å². The van der Waals surface area contributed by atoms with Crippen molar-refractivity contribution in [1.29, 1.82) is 0 Å². The summed E-state index contributed by atoms with van der Waals surface area (Å²) in [4.78, 5) is 26.6. The summed E-state index contributed by atoms with van der Waals surface area (Å²) in [5.41, 5.74) is 4.17. The standard InChI is InChI=1S/C23H26N2O3/c1-4-16-7-12-20-18(15-28-21(20)13-16)14-22(26)24-19-10-8-17(9-11-19)23(27)25(5-2)6-3/h7-13,15H,4-6,14H2,1-3H3,(H,24,26). The second kappa shape index (κ2) is 8.74. The van der Waals surface area contributed by atoms with Gasteiger partial charge in [-0.25, -0.2) is 0 Å². The van der Waals surface area contributed by atoms with Gasteiger partial charge in [0.15, 0.2) is 0 Å². The molecule has 3 aromatic rings. The van der Waals surface area contributed by atoms with Crippen LogP contribution in [0.3, 0.4) is 0 Å². The van der Waals surface area contributed by atoms with Crippen LogP contribution in [0.2, 0.25) is 0 Å². The molecule has 0 saturated heterocycles. The molecule has 3 rings (SSSR count). The van der Waals surface area contributed by atoms with Crippen LogP contribution < -0.4 is 5.32 Å². The Morgan fingerprint density at radius 1 is 1.00 bits per heavy atom. The van der Waals surface area contributed by atoms with E-state index in [-0.39, 0.29) is 18.2 Å². The summed E-state index contributed by atoms with van der Waals surface area (Å²) in [6.07, 6.45) is 2.83. The summed E-state index contributed by atoms with van der Waals surface area (Å²) in [5, 5.41) is 3.85. The zero-order chi connectivity index (χ0) is 20.1. The molecule has 28 heavy (non-hydrogen) atoms. The monoisotopic (exact) mass is 378 g/mol. The second-order valence-corrected chi connectivity index (χ2v) is 6.72. The molecule has 0 atom stereocenters. The number of anilines is 1. The Balaban J connectivity index is 1.66. The average Bonchev–Trinajstić information content (AvgIpc) is 3.11. The molecule has 0 aliphatic heterocycles. The van der Waals surface area contributed by atoms with E-state index in [1.807, 2.05) is 26.0 Å². The first-order valence-electron chi connectivity index (χ1n) is 9.73. The summed E-state index contributed by atoms with van der Waals surface area (Å²) in [6, 6.07) is 13.1. The number of furan rings is 1. The third-order valence-corrected chi connectivity index (χ3v) is 4.95. The lowest BCUT2D eigenvalue weighted by atomic mass is 10.1. The van der Waals surface area contributed by atoms with Gasteiger partial charge in [-0.2, -0.15) is 0 Å². The van der Waals surface area contributed by atoms with Crippen LogP contribution in [-0.2, 0) is 17.6 Å². The number of rotatable bonds is 7. The van der Waals surface area contributed by atoms with Gasteiger partial charge in [-0.3, -0.25) is 9.59 Å². The van der Waals surface area contributed by atoms with Crippen LogP contribution in [0.25, 0.3) is 11.0 Å². The lowest BCUT2D eigenvalue weighted by Gasteiger charge is -2.18. The van der Waals surface area contributed by atoms with Crippen molar-refractivity contribution in [3.05, 3.63) is 65.4 Å². The Morgan fingerprint density at radius 2 is 1.71 bits per heavy atom. The molecule has 0 unspecified atom stereocenters. The highest BCUT2D eigenvalue weighted by molar-refractivity contribution is 5.97. The fraction of sp³-hybridized carbons (Fsp3) is 0.304. The number of hydrogen-bond acceptors (Lipinski definition) is 3. The maximum Gasteiger partial charge on any atom is 0.253 e. The second-order valence-electron chi connectivity index (χ2n) is 6.72. The number of fused-ring (bicyclic) bond motifs is 1. The largest absolute Gasteiger partial charge is 0.464 e. The number of amides is 2. The van der Waals surface area contributed by atoms with Gasteiger partial charge in [-0.1, -0.05) is 19.1 Å². The lowest BCUT2D eigenvalue weighted by Crippen LogP contribution is -2.30. The third-order valence-electron chi connectivity index (χ3n) is 4.95. The van der Waals surface area contributed by atoms with Gasteiger partial charge < -0.3 is 14.6 Å². The molecular formula is C23H26N2O3. The van der Waals surface area contributed by atoms with Crippen molar-refractivity contribution >= 4 is 28.5 Å². The van der Waals surface area contributed by atoms with Crippen molar-refractivity contribution in [3.8, 4) is 0 Å². The van der Waals surface area contributed by atoms with Crippen LogP contribution in [0.1, 0.15) is 42.3 Å². The highest BCUT2D eigenvalue weighted by Gasteiger charge is 2.14. The van der Waals surface area contributed by atoms with Gasteiger partial charge in [0.05, 0.1) is 12.7 Å². The molecule has 0 aliphatic rings. The minimum Gasteiger partial charge on any atom is -0.464 e. The van der Waals surface area contributed by atoms with Crippen molar-refractivity contribution in [1.82, 2.24) is 4.90 Å². The molecule has 0 bridgehead atoms. The van der Waals surface area contributed by atoms with E-state index in [9.17, 15) is 9.59 Å². The smallest absolute Gasteiger partial charge is 0.253 e. The van der Waals surface area contributed by atoms with E-state index in [4.69, 9.17) is 4.42 Å². The van der Waals surface area contributed by atoms with Crippen LogP contribution in [0, 0.1) is 0 Å². The zero-order valence-corrected chi connectivity index (χ0v) is 16.6. The minimum absolute atomic E-state index is 0.000748. The number of aryl methyl sites for hydroxylation is 1. The molecule has 1 aromatic heterocycles. The Kier molecular flexibility index (Phi) is 6.14. The Bertz CT molecular complexity index is 969. The van der Waals surface area contributed by atoms with Gasteiger partial charge in [0.25, 0.3) is 5.91 Å². The van der Waals surface area contributed by atoms with Crippen molar-refractivity contribution in [3.63, 3.8) is 0 Å². The average molecular weight is 378 g/mol. The first kappa shape index (κ1) is 19.7. The van der Waals surface area contributed by atoms with Gasteiger partial charge in [-0.15, -0.1) is 0 Å². The lowest BCUT2D eigenvalue weighted by molar-refractivity contribution is -0.115. The van der Waals surface area contributed by atoms with E-state index < -0.39 is 0 Å². The van der Waals surface area contributed by atoms with E-state index in [0.29, 0.717) is 24.3 Å². The molecule has 146 valence electrons. The molecule has 0 saturated carbocycles. The highest BCUT2D eigenvalue weighted by atomic mass is 16.3. The number of carbonyl (C=O) groups excluding carboxylic acids is 2. The van der Waals surface area contributed by atoms with Gasteiger partial charge in [-0.05, 0) is 56.2 Å². The molecule has 0 radical (unpaired) electrons. The number of nitrogens with one attached hydrogen (secondary N) is 1. The molecule has 5 heteroatoms. The van der Waals surface area contributed by atoms with Crippen molar-refractivity contribution in [2.45, 2.75) is 33.6 Å². The maximum absolute atomic E-state index is 12.4. The first-order valence-corrected chi connectivity index (χ1v) is 9.73. The molecular weight excluding hydrogens is 352 g/mol. The number of nitrogens with zero attached hydrogens (tertiary/aromatic N) is 1. The maximum atomic E-state index is 12.4. The van der Waals surface area contributed by atoms with E-state index in [0.717, 1.165) is 23.0 Å². The van der Waals surface area contributed by atoms with E-state index >= 15 is 0 Å². The molecule has 1 N–H and O–H groups in total. The van der Waals surface area contributed by atoms with E-state index in [1.165, 1.54) is 5.56 Å². The molecule has 2 amide bonds. The van der Waals surface area contributed by atoms with E-state index in [2.05, 4.69) is 18.3 Å². The summed E-state index contributed by atoms with van der Waals surface area (Å²) in [7, 11) is 0. The van der Waals surface area contributed by atoms with Gasteiger partial charge in [0.2, 0.25) is 5.91 Å². The van der Waals surface area contributed by atoms with Crippen LogP contribution >= 0.6 is 0 Å². The molecule has 1 heterocycles. The van der Waals surface area contributed by atoms with Gasteiger partial charge in [0, 0.05) is 35.3 Å². The van der Waals surface area contributed by atoms with E-state index in [1.54, 1.807) is 35.4 Å². The first-order chi connectivity index (χ1) is 13.5. The number of carbonyl (C=O) groups is 2. The predicted octanol–water partition coefficient (Wildman–Crippen LogP) is 4.66. The SMILES string of the molecule is CCc1ccc2c(CC(=O)Nc3ccc(C(=O)N(CC)CC)cc3)coc2c1. The van der Waals surface area contributed by atoms with Crippen molar-refractivity contribution in [2.75, 3.05) is 18.4 Å². The number of hydrogen-bond donors (Lipinski definition) is 1. The molecule has 0 spiro atoms. The normalized spacial score (nSPS) is 10.8. The Morgan fingerprint density at radius 3 is 2.36 bits per heavy atom. The topological polar surface area (TPSA) is 62.6 Å². The fourth-order valence-corrected chi connectivity index (χ4v) is 3.25. The highest BCUT2D eigenvalue weighted by Crippen LogP contribution is 2.23. The predicted molar refractivity (Wildman–Crippen MR) is 112 cm³/mol. The molecule has 5 nitrogen and oxygen atoms in total. The summed E-state index contributed by atoms with van der Waals surface area (Å²) < 4.78 is 5.61. The molecule has 0 aliphatic carbocycles. The zero-order valence-electron chi connectivity index (χ0n) is 16.6. The molecule has 0 fully saturated rings. The number of benzene rings is 2. The quantitative estimate of drug-likeness (QED) is 0.650. The summed E-state index contributed by atoms with van der Waals surface area (Å²) in [5.74, 6) is -0.121. The summed E-state index contributed by atoms with van der Waals surface area (Å²) in [6.45, 7) is 7.36. The van der Waals surface area contributed by atoms with Crippen LogP contribution in [0.4, 0.5) is 5.69 Å². The third kappa shape index (κ3) is 4.25. The van der Waals surface area contributed by atoms with Crippen molar-refractivity contribution < 1.29 is 14.0 Å². The summed E-state index contributed by atoms with van der Waals surface area (Å²) >= 11 is 0. The fourth-order valence-electron chi connectivity index (χ4n) is 3.25. The Labute approximate surface area is 165 Å².